The zero-order valence-electron chi connectivity index (χ0n) is 9.75. The van der Waals surface area contributed by atoms with Crippen molar-refractivity contribution in [2.45, 2.75) is 12.8 Å². The number of carbonyl (C=O) groups excluding carboxylic acids is 1. The summed E-state index contributed by atoms with van der Waals surface area (Å²) in [5, 5.41) is 4.25. The summed E-state index contributed by atoms with van der Waals surface area (Å²) in [6.45, 7) is 0. The highest BCUT2D eigenvalue weighted by atomic mass is 32.2. The first-order valence-corrected chi connectivity index (χ1v) is 6.66. The highest BCUT2D eigenvalue weighted by Gasteiger charge is 2.28. The maximum absolute atomic E-state index is 11.4. The molecule has 0 atom stereocenters. The zero-order chi connectivity index (χ0) is 12.7. The van der Waals surface area contributed by atoms with Crippen LogP contribution in [-0.2, 0) is 12.8 Å². The Bertz CT molecular complexity index is 636. The Morgan fingerprint density at radius 3 is 3.06 bits per heavy atom. The molecule has 92 valence electrons. The zero-order valence-corrected chi connectivity index (χ0v) is 10.6. The number of aryl methyl sites for hydroxylation is 1. The van der Waals surface area contributed by atoms with Crippen molar-refractivity contribution in [2.24, 2.45) is 5.73 Å². The van der Waals surface area contributed by atoms with Crippen LogP contribution in [-0.4, -0.2) is 31.3 Å². The van der Waals surface area contributed by atoms with E-state index in [1.807, 2.05) is 12.5 Å². The van der Waals surface area contributed by atoms with E-state index in [0.717, 1.165) is 35.4 Å². The molecule has 18 heavy (non-hydrogen) atoms. The van der Waals surface area contributed by atoms with Crippen LogP contribution in [0.5, 0.6) is 0 Å². The third-order valence-electron chi connectivity index (χ3n) is 3.02. The first-order chi connectivity index (χ1) is 8.72. The maximum atomic E-state index is 11.4. The minimum Gasteiger partial charge on any atom is -0.364 e. The van der Waals surface area contributed by atoms with E-state index in [0.29, 0.717) is 5.69 Å². The van der Waals surface area contributed by atoms with Gasteiger partial charge in [0.15, 0.2) is 5.69 Å². The molecule has 0 unspecified atom stereocenters. The Morgan fingerprint density at radius 1 is 1.50 bits per heavy atom. The molecule has 0 aromatic carbocycles. The monoisotopic (exact) mass is 261 g/mol. The average Bonchev–Trinajstić information content (AvgIpc) is 2.78. The summed E-state index contributed by atoms with van der Waals surface area (Å²) in [7, 11) is 0. The van der Waals surface area contributed by atoms with E-state index in [4.69, 9.17) is 5.73 Å². The summed E-state index contributed by atoms with van der Waals surface area (Å²) in [5.74, 6) is -0.489. The van der Waals surface area contributed by atoms with Gasteiger partial charge in [-0.05, 0) is 30.4 Å². The molecule has 1 aliphatic carbocycles. The smallest absolute Gasteiger partial charge is 0.269 e. The van der Waals surface area contributed by atoms with Gasteiger partial charge in [0.2, 0.25) is 0 Å². The van der Waals surface area contributed by atoms with Crippen LogP contribution in [0.3, 0.4) is 0 Å². The second kappa shape index (κ2) is 4.09. The first-order valence-electron chi connectivity index (χ1n) is 5.47. The minimum absolute atomic E-state index is 0.351. The topological polar surface area (TPSA) is 86.7 Å². The Balaban J connectivity index is 2.29. The molecule has 7 heteroatoms. The van der Waals surface area contributed by atoms with E-state index in [-0.39, 0.29) is 0 Å². The lowest BCUT2D eigenvalue weighted by Crippen LogP contribution is -2.15. The quantitative estimate of drug-likeness (QED) is 0.858. The molecule has 0 spiro atoms. The van der Waals surface area contributed by atoms with Gasteiger partial charge in [0.25, 0.3) is 5.91 Å². The van der Waals surface area contributed by atoms with Crippen molar-refractivity contribution in [2.75, 3.05) is 6.26 Å². The van der Waals surface area contributed by atoms with Crippen LogP contribution >= 0.6 is 11.9 Å². The Kier molecular flexibility index (Phi) is 2.55. The van der Waals surface area contributed by atoms with Crippen LogP contribution in [0.25, 0.3) is 11.4 Å². The van der Waals surface area contributed by atoms with Gasteiger partial charge in [0.1, 0.15) is 12.0 Å². The van der Waals surface area contributed by atoms with Crippen molar-refractivity contribution in [1.82, 2.24) is 19.2 Å². The number of nitrogens with two attached hydrogens (primary N) is 1. The Labute approximate surface area is 108 Å². The van der Waals surface area contributed by atoms with Gasteiger partial charge in [0, 0.05) is 18.0 Å². The third kappa shape index (κ3) is 1.51. The van der Waals surface area contributed by atoms with Crippen LogP contribution in [0.2, 0.25) is 0 Å². The van der Waals surface area contributed by atoms with Crippen LogP contribution in [0, 0.1) is 0 Å². The summed E-state index contributed by atoms with van der Waals surface area (Å²) >= 11 is 1.42. The molecule has 1 aliphatic rings. The van der Waals surface area contributed by atoms with Gasteiger partial charge in [0.05, 0.1) is 5.69 Å². The van der Waals surface area contributed by atoms with Gasteiger partial charge in [-0.25, -0.2) is 14.1 Å². The molecule has 1 amide bonds. The van der Waals surface area contributed by atoms with Crippen molar-refractivity contribution in [1.29, 1.82) is 0 Å². The molecule has 0 bridgehead atoms. The van der Waals surface area contributed by atoms with Gasteiger partial charge in [-0.1, -0.05) is 0 Å². The van der Waals surface area contributed by atoms with Gasteiger partial charge >= 0.3 is 0 Å². The number of primary amides is 1. The maximum Gasteiger partial charge on any atom is 0.269 e. The van der Waals surface area contributed by atoms with E-state index in [2.05, 4.69) is 15.1 Å². The molecule has 0 saturated carbocycles. The first kappa shape index (κ1) is 11.2. The second-order valence-electron chi connectivity index (χ2n) is 3.99. The number of aromatic nitrogens is 4. The molecule has 2 N–H and O–H groups in total. The van der Waals surface area contributed by atoms with E-state index in [9.17, 15) is 4.79 Å². The lowest BCUT2D eigenvalue weighted by atomic mass is 9.93. The second-order valence-corrected chi connectivity index (χ2v) is 4.70. The molecule has 0 saturated heterocycles. The molecule has 2 heterocycles. The lowest BCUT2D eigenvalue weighted by molar-refractivity contribution is 0.0994. The highest BCUT2D eigenvalue weighted by Crippen LogP contribution is 2.34. The van der Waals surface area contributed by atoms with Crippen LogP contribution in [0.1, 0.15) is 21.6 Å². The van der Waals surface area contributed by atoms with Crippen molar-refractivity contribution < 1.29 is 4.79 Å². The lowest BCUT2D eigenvalue weighted by Gasteiger charge is -2.15. The summed E-state index contributed by atoms with van der Waals surface area (Å²) in [6, 6.07) is 0. The number of carbonyl (C=O) groups is 1. The van der Waals surface area contributed by atoms with Gasteiger partial charge in [-0.2, -0.15) is 5.10 Å². The van der Waals surface area contributed by atoms with Crippen LogP contribution < -0.4 is 5.73 Å². The molecule has 6 nitrogen and oxygen atoms in total. The molecule has 0 fully saturated rings. The van der Waals surface area contributed by atoms with Crippen LogP contribution in [0.15, 0.2) is 12.5 Å². The number of fused-ring (bicyclic) bond motifs is 3. The largest absolute Gasteiger partial charge is 0.364 e. The number of rotatable bonds is 2. The standard InChI is InChI=1S/C11H11N5OS/c1-18-16-10-7(9(15-16)11(12)17)3-2-6-4-13-5-14-8(6)10/h4-5H,2-3H2,1H3,(H2,12,17). The number of hydrogen-bond acceptors (Lipinski definition) is 5. The van der Waals surface area contributed by atoms with E-state index in [1.165, 1.54) is 18.3 Å². The fourth-order valence-electron chi connectivity index (χ4n) is 2.24. The van der Waals surface area contributed by atoms with E-state index >= 15 is 0 Å². The Morgan fingerprint density at radius 2 is 2.33 bits per heavy atom. The molecule has 2 aromatic heterocycles. The summed E-state index contributed by atoms with van der Waals surface area (Å²) in [5.41, 5.74) is 9.41. The molecule has 2 aromatic rings. The SMILES string of the molecule is CSn1nc(C(N)=O)c2c1-c1ncncc1CC2. The number of hydrogen-bond donors (Lipinski definition) is 1. The fourth-order valence-corrected chi connectivity index (χ4v) is 2.79. The third-order valence-corrected chi connectivity index (χ3v) is 3.63. The normalized spacial score (nSPS) is 12.9. The molecule has 0 aliphatic heterocycles. The van der Waals surface area contributed by atoms with Gasteiger partial charge in [-0.15, -0.1) is 0 Å². The van der Waals surface area contributed by atoms with Crippen LogP contribution in [0.4, 0.5) is 0 Å². The summed E-state index contributed by atoms with van der Waals surface area (Å²) in [4.78, 5) is 19.8. The average molecular weight is 261 g/mol. The van der Waals surface area contributed by atoms with Gasteiger partial charge < -0.3 is 5.73 Å². The van der Waals surface area contributed by atoms with Gasteiger partial charge in [-0.3, -0.25) is 4.79 Å². The summed E-state index contributed by atoms with van der Waals surface area (Å²) in [6.07, 6.45) is 6.77. The Hall–Kier alpha value is -1.89. The minimum atomic E-state index is -0.489. The molecule has 0 radical (unpaired) electrons. The number of nitrogens with zero attached hydrogens (tertiary/aromatic N) is 4. The molecule has 3 rings (SSSR count). The predicted molar refractivity (Wildman–Crippen MR) is 68.1 cm³/mol. The number of amides is 1. The van der Waals surface area contributed by atoms with Crippen molar-refractivity contribution >= 4 is 17.9 Å². The van der Waals surface area contributed by atoms with Crippen molar-refractivity contribution in [3.63, 3.8) is 0 Å². The van der Waals surface area contributed by atoms with E-state index in [1.54, 1.807) is 4.09 Å². The van der Waals surface area contributed by atoms with Crippen molar-refractivity contribution in [3.8, 4) is 11.4 Å². The molecular formula is C11H11N5OS. The molecular weight excluding hydrogens is 250 g/mol. The van der Waals surface area contributed by atoms with Crippen molar-refractivity contribution in [3.05, 3.63) is 29.3 Å². The highest BCUT2D eigenvalue weighted by molar-refractivity contribution is 7.97. The predicted octanol–water partition coefficient (Wildman–Crippen LogP) is 0.664. The van der Waals surface area contributed by atoms with E-state index < -0.39 is 5.91 Å². The fraction of sp³-hybridized carbons (Fsp3) is 0.273. The summed E-state index contributed by atoms with van der Waals surface area (Å²) < 4.78 is 1.71.